The maximum absolute atomic E-state index is 12.1. The number of carbonyl (C=O) groups is 1. The zero-order valence-electron chi connectivity index (χ0n) is 28.2. The highest BCUT2D eigenvalue weighted by Crippen LogP contribution is 2.14. The molecule has 0 N–H and O–H groups in total. The van der Waals surface area contributed by atoms with E-state index in [0.717, 1.165) is 58.2 Å². The smallest absolute Gasteiger partial charge is 0.305 e. The van der Waals surface area contributed by atoms with Gasteiger partial charge in [0, 0.05) is 19.6 Å². The number of esters is 1. The van der Waals surface area contributed by atoms with E-state index in [1.54, 1.807) is 0 Å². The number of unbranched alkanes of at least 4 members (excludes halogenated alkanes) is 23. The van der Waals surface area contributed by atoms with E-state index in [9.17, 15) is 4.79 Å². The van der Waals surface area contributed by atoms with Gasteiger partial charge in [-0.2, -0.15) is 0 Å². The number of hydrogen-bond acceptors (Lipinski definition) is 4. The predicted octanol–water partition coefficient (Wildman–Crippen LogP) is 12.1. The van der Waals surface area contributed by atoms with E-state index in [1.165, 1.54) is 128 Å². The van der Waals surface area contributed by atoms with Crippen LogP contribution < -0.4 is 0 Å². The Kier molecular flexibility index (Phi) is 35.1. The molecule has 4 heteroatoms. The molecule has 4 nitrogen and oxygen atoms in total. The van der Waals surface area contributed by atoms with Crippen LogP contribution in [0.4, 0.5) is 0 Å². The molecule has 0 aromatic carbocycles. The van der Waals surface area contributed by atoms with Gasteiger partial charge in [0.2, 0.25) is 0 Å². The molecule has 0 rings (SSSR count). The lowest BCUT2D eigenvalue weighted by molar-refractivity contribution is -0.149. The van der Waals surface area contributed by atoms with Gasteiger partial charge in [0.1, 0.15) is 0 Å². The van der Waals surface area contributed by atoms with Gasteiger partial charge in [-0.25, -0.2) is 0 Å². The van der Waals surface area contributed by atoms with E-state index < -0.39 is 0 Å². The highest BCUT2D eigenvalue weighted by Gasteiger charge is 2.11. The van der Waals surface area contributed by atoms with Crippen LogP contribution in [-0.4, -0.2) is 32.1 Å². The second-order valence-electron chi connectivity index (χ2n) is 12.2. The summed E-state index contributed by atoms with van der Waals surface area (Å²) in [7, 11) is 0. The molecule has 0 aromatic rings. The van der Waals surface area contributed by atoms with Crippen molar-refractivity contribution >= 4 is 5.97 Å². The van der Waals surface area contributed by atoms with Gasteiger partial charge in [0.05, 0.1) is 6.61 Å². The van der Waals surface area contributed by atoms with E-state index in [1.807, 2.05) is 0 Å². The van der Waals surface area contributed by atoms with E-state index in [0.29, 0.717) is 13.0 Å². The third-order valence-corrected chi connectivity index (χ3v) is 8.02. The second kappa shape index (κ2) is 35.6. The number of carbonyl (C=O) groups excluding carboxylic acids is 1. The Hall–Kier alpha value is -0.610. The van der Waals surface area contributed by atoms with Gasteiger partial charge in [-0.05, 0) is 44.9 Å². The zero-order chi connectivity index (χ0) is 29.9. The minimum Gasteiger partial charge on any atom is -0.466 e. The molecule has 245 valence electrons. The number of rotatable bonds is 35. The maximum atomic E-state index is 12.1. The Morgan fingerprint density at radius 3 is 1.41 bits per heavy atom. The van der Waals surface area contributed by atoms with Crippen molar-refractivity contribution in [3.05, 3.63) is 6.42 Å². The fourth-order valence-electron chi connectivity index (χ4n) is 5.24. The fourth-order valence-corrected chi connectivity index (χ4v) is 5.24. The normalized spacial score (nSPS) is 11.5. The molecule has 0 aliphatic heterocycles. The Balaban J connectivity index is 3.78. The maximum Gasteiger partial charge on any atom is 0.305 e. The molecule has 0 spiro atoms. The molecule has 41 heavy (non-hydrogen) atoms. The Morgan fingerprint density at radius 1 is 0.488 bits per heavy atom. The topological polar surface area (TPSA) is 44.8 Å². The highest BCUT2D eigenvalue weighted by atomic mass is 16.7. The monoisotopic (exact) mass is 582 g/mol. The van der Waals surface area contributed by atoms with Crippen molar-refractivity contribution in [3.63, 3.8) is 0 Å². The summed E-state index contributed by atoms with van der Waals surface area (Å²) < 4.78 is 17.7. The molecule has 0 amide bonds. The van der Waals surface area contributed by atoms with E-state index in [2.05, 4.69) is 27.2 Å². The lowest BCUT2D eigenvalue weighted by atomic mass is 10.0. The first-order valence-electron chi connectivity index (χ1n) is 18.4. The van der Waals surface area contributed by atoms with Gasteiger partial charge in [-0.15, -0.1) is 0 Å². The summed E-state index contributed by atoms with van der Waals surface area (Å²) in [6.45, 7) is 8.89. The lowest BCUT2D eigenvalue weighted by Crippen LogP contribution is -2.19. The van der Waals surface area contributed by atoms with Crippen LogP contribution in [0.3, 0.4) is 0 Å². The molecule has 0 fully saturated rings. The number of ether oxygens (including phenoxy) is 3. The predicted molar refractivity (Wildman–Crippen MR) is 177 cm³/mol. The largest absolute Gasteiger partial charge is 0.466 e. The Bertz CT molecular complexity index is 477. The van der Waals surface area contributed by atoms with Crippen LogP contribution in [0, 0.1) is 6.42 Å². The van der Waals surface area contributed by atoms with Gasteiger partial charge >= 0.3 is 5.97 Å². The summed E-state index contributed by atoms with van der Waals surface area (Å²) >= 11 is 0. The molecule has 0 aliphatic carbocycles. The highest BCUT2D eigenvalue weighted by molar-refractivity contribution is 5.69. The van der Waals surface area contributed by atoms with Gasteiger partial charge in [-0.1, -0.05) is 156 Å². The van der Waals surface area contributed by atoms with E-state index >= 15 is 0 Å². The Labute approximate surface area is 257 Å². The molecule has 0 bridgehead atoms. The average Bonchev–Trinajstić information content (AvgIpc) is 2.98. The van der Waals surface area contributed by atoms with E-state index in [4.69, 9.17) is 14.2 Å². The molecule has 0 saturated carbocycles. The quantitative estimate of drug-likeness (QED) is 0.0424. The minimum absolute atomic E-state index is 0.0603. The fraction of sp³-hybridized carbons (Fsp3) is 0.946. The van der Waals surface area contributed by atoms with Crippen LogP contribution >= 0.6 is 0 Å². The molecule has 0 heterocycles. The summed E-state index contributed by atoms with van der Waals surface area (Å²) in [6.07, 6.45) is 36.3. The van der Waals surface area contributed by atoms with Gasteiger partial charge < -0.3 is 14.2 Å². The molecule has 0 aromatic heterocycles. The molecule has 0 unspecified atom stereocenters. The van der Waals surface area contributed by atoms with Crippen molar-refractivity contribution in [1.82, 2.24) is 0 Å². The first-order chi connectivity index (χ1) is 20.2. The molecule has 0 atom stereocenters. The summed E-state index contributed by atoms with van der Waals surface area (Å²) in [5.41, 5.74) is 0. The van der Waals surface area contributed by atoms with Crippen LogP contribution in [-0.2, 0) is 19.0 Å². The van der Waals surface area contributed by atoms with Gasteiger partial charge in [0.15, 0.2) is 6.29 Å². The van der Waals surface area contributed by atoms with E-state index in [-0.39, 0.29) is 12.3 Å². The first kappa shape index (κ1) is 40.4. The third-order valence-electron chi connectivity index (χ3n) is 8.02. The molecule has 0 aliphatic rings. The van der Waals surface area contributed by atoms with Crippen molar-refractivity contribution in [2.75, 3.05) is 19.8 Å². The van der Waals surface area contributed by atoms with Crippen molar-refractivity contribution in [1.29, 1.82) is 0 Å². The zero-order valence-corrected chi connectivity index (χ0v) is 28.2. The van der Waals surface area contributed by atoms with Crippen molar-refractivity contribution in [2.24, 2.45) is 0 Å². The molecular formula is C37H73O4. The SMILES string of the molecule is CCCCCCCCCCCC[CH]CCOC(=O)CCCCC(OCCCCCCCC)OCCCCCCCC. The van der Waals surface area contributed by atoms with Crippen molar-refractivity contribution in [3.8, 4) is 0 Å². The number of hydrogen-bond donors (Lipinski definition) is 0. The molecular weight excluding hydrogens is 508 g/mol. The summed E-state index contributed by atoms with van der Waals surface area (Å²) in [5, 5.41) is 0. The van der Waals surface area contributed by atoms with Gasteiger partial charge in [0.25, 0.3) is 0 Å². The first-order valence-corrected chi connectivity index (χ1v) is 18.4. The molecule has 0 saturated heterocycles. The molecule has 1 radical (unpaired) electrons. The van der Waals surface area contributed by atoms with Crippen LogP contribution in [0.2, 0.25) is 0 Å². The summed E-state index contributed by atoms with van der Waals surface area (Å²) in [4.78, 5) is 12.1. The second-order valence-corrected chi connectivity index (χ2v) is 12.2. The lowest BCUT2D eigenvalue weighted by Gasteiger charge is -2.19. The minimum atomic E-state index is -0.127. The standard InChI is InChI=1S/C37H73O4/c1-4-7-10-13-16-17-18-19-20-21-22-25-28-33-39-36(38)31-26-27-32-37(40-34-29-23-14-11-8-5-2)41-35-30-24-15-12-9-6-3/h25,37H,4-24,26-35H2,1-3H3. The van der Waals surface area contributed by atoms with Crippen molar-refractivity contribution < 1.29 is 19.0 Å². The van der Waals surface area contributed by atoms with Crippen LogP contribution in [0.1, 0.15) is 201 Å². The van der Waals surface area contributed by atoms with Crippen LogP contribution in [0.15, 0.2) is 0 Å². The summed E-state index contributed by atoms with van der Waals surface area (Å²) in [5.74, 6) is -0.0603. The van der Waals surface area contributed by atoms with Crippen LogP contribution in [0.25, 0.3) is 0 Å². The van der Waals surface area contributed by atoms with Gasteiger partial charge in [-0.3, -0.25) is 4.79 Å². The average molecular weight is 582 g/mol. The van der Waals surface area contributed by atoms with Crippen molar-refractivity contribution in [2.45, 2.75) is 207 Å². The summed E-state index contributed by atoms with van der Waals surface area (Å²) in [6, 6.07) is 0. The van der Waals surface area contributed by atoms with Crippen LogP contribution in [0.5, 0.6) is 0 Å². The Morgan fingerprint density at radius 2 is 0.927 bits per heavy atom. The third kappa shape index (κ3) is 33.8.